The number of hydrogen-bond donors (Lipinski definition) is 2. The standard InChI is InChI=1S/C35H37FN6O3/c1-4-21-7-5-8-22-13-25(43)14-27(29(21)22)31-30(36)32-28(20(2)37-31)33(41-16-23-9-10-24(17-41)38-23)40-34(39-32)45-19-35-11-6-12-42(35)18-26(15-35)44-3/h1,5,7-8,13-14,23-24,26,38,43H,6,9-12,15-19H2,2-3H3/t23?,24?,26-,35+/m1/s1. The van der Waals surface area contributed by atoms with Gasteiger partial charge in [-0.3, -0.25) is 4.90 Å². The molecule has 232 valence electrons. The minimum Gasteiger partial charge on any atom is -0.508 e. The zero-order valence-corrected chi connectivity index (χ0v) is 25.6. The lowest BCUT2D eigenvalue weighted by Crippen LogP contribution is -2.51. The van der Waals surface area contributed by atoms with Crippen LogP contribution in [-0.2, 0) is 4.74 Å². The molecule has 4 saturated heterocycles. The highest BCUT2D eigenvalue weighted by Crippen LogP contribution is 2.42. The molecule has 6 heterocycles. The van der Waals surface area contributed by atoms with E-state index in [0.717, 1.165) is 58.3 Å². The fourth-order valence-electron chi connectivity index (χ4n) is 8.29. The number of nitrogens with one attached hydrogen (secondary N) is 1. The van der Waals surface area contributed by atoms with Crippen molar-refractivity contribution in [1.82, 2.24) is 25.2 Å². The molecule has 10 heteroatoms. The largest absolute Gasteiger partial charge is 0.508 e. The molecule has 4 aromatic rings. The van der Waals surface area contributed by atoms with Gasteiger partial charge in [0.1, 0.15) is 29.4 Å². The minimum atomic E-state index is -0.595. The molecule has 2 unspecified atom stereocenters. The quantitative estimate of drug-likeness (QED) is 0.306. The third-order valence-electron chi connectivity index (χ3n) is 10.4. The molecule has 0 amide bonds. The molecule has 45 heavy (non-hydrogen) atoms. The number of benzene rings is 2. The molecule has 0 radical (unpaired) electrons. The summed E-state index contributed by atoms with van der Waals surface area (Å²) < 4.78 is 29.1. The number of fused-ring (bicyclic) bond motifs is 5. The molecule has 4 fully saturated rings. The van der Waals surface area contributed by atoms with E-state index in [0.29, 0.717) is 57.5 Å². The van der Waals surface area contributed by atoms with E-state index in [1.165, 1.54) is 6.07 Å². The first-order chi connectivity index (χ1) is 21.9. The Hall–Kier alpha value is -4.04. The maximum atomic E-state index is 17.0. The Morgan fingerprint density at radius 2 is 1.96 bits per heavy atom. The van der Waals surface area contributed by atoms with Crippen LogP contribution in [0.15, 0.2) is 30.3 Å². The second-order valence-electron chi connectivity index (χ2n) is 13.1. The predicted octanol–water partition coefficient (Wildman–Crippen LogP) is 4.55. The van der Waals surface area contributed by atoms with Crippen LogP contribution in [0.4, 0.5) is 10.2 Å². The Balaban J connectivity index is 1.28. The maximum absolute atomic E-state index is 17.0. The highest BCUT2D eigenvalue weighted by molar-refractivity contribution is 6.03. The van der Waals surface area contributed by atoms with Crippen molar-refractivity contribution in [2.24, 2.45) is 0 Å². The van der Waals surface area contributed by atoms with Crippen LogP contribution in [0.25, 0.3) is 32.9 Å². The Labute approximate surface area is 261 Å². The fourth-order valence-corrected chi connectivity index (χ4v) is 8.29. The first kappa shape index (κ1) is 28.4. The molecule has 4 aliphatic rings. The number of ether oxygens (including phenoxy) is 2. The summed E-state index contributed by atoms with van der Waals surface area (Å²) in [6.45, 7) is 5.69. The first-order valence-corrected chi connectivity index (χ1v) is 15.9. The van der Waals surface area contributed by atoms with E-state index in [4.69, 9.17) is 30.8 Å². The van der Waals surface area contributed by atoms with E-state index < -0.39 is 5.82 Å². The van der Waals surface area contributed by atoms with Crippen LogP contribution in [0.2, 0.25) is 0 Å². The van der Waals surface area contributed by atoms with Crippen LogP contribution in [-0.4, -0.2) is 88.6 Å². The summed E-state index contributed by atoms with van der Waals surface area (Å²) in [5.41, 5.74) is 1.70. The summed E-state index contributed by atoms with van der Waals surface area (Å²) in [5.74, 6) is 2.77. The van der Waals surface area contributed by atoms with Gasteiger partial charge in [-0.05, 0) is 69.2 Å². The van der Waals surface area contributed by atoms with Crippen molar-refractivity contribution in [3.63, 3.8) is 0 Å². The number of phenols is 1. The average molecular weight is 609 g/mol. The van der Waals surface area contributed by atoms with E-state index in [2.05, 4.69) is 21.0 Å². The van der Waals surface area contributed by atoms with Crippen LogP contribution in [0, 0.1) is 25.1 Å². The summed E-state index contributed by atoms with van der Waals surface area (Å²) in [7, 11) is 1.76. The summed E-state index contributed by atoms with van der Waals surface area (Å²) in [4.78, 5) is 19.2. The summed E-state index contributed by atoms with van der Waals surface area (Å²) in [6.07, 6.45) is 11.2. The molecular weight excluding hydrogens is 571 g/mol. The zero-order valence-electron chi connectivity index (χ0n) is 25.6. The molecule has 0 spiro atoms. The number of aromatic hydroxyl groups is 1. The first-order valence-electron chi connectivity index (χ1n) is 15.9. The molecule has 4 aliphatic heterocycles. The van der Waals surface area contributed by atoms with Crippen molar-refractivity contribution in [3.05, 3.63) is 47.4 Å². The lowest BCUT2D eigenvalue weighted by atomic mass is 9.94. The third kappa shape index (κ3) is 4.68. The van der Waals surface area contributed by atoms with Crippen molar-refractivity contribution in [3.8, 4) is 35.4 Å². The maximum Gasteiger partial charge on any atom is 0.319 e. The number of halogens is 1. The number of aryl methyl sites for hydroxylation is 1. The number of nitrogens with zero attached hydrogens (tertiary/aromatic N) is 5. The molecule has 2 aromatic carbocycles. The van der Waals surface area contributed by atoms with Gasteiger partial charge in [0.2, 0.25) is 0 Å². The Kier molecular flexibility index (Phi) is 6.82. The SMILES string of the molecule is C#Cc1cccc2cc(O)cc(-c3nc(C)c4c(N5CC6CCC(C5)N6)nc(OC[C@@]56CCCN5C[C@H](OC)C6)nc4c3F)c12. The molecule has 2 N–H and O–H groups in total. The smallest absolute Gasteiger partial charge is 0.319 e. The second-order valence-corrected chi connectivity index (χ2v) is 13.1. The van der Waals surface area contributed by atoms with Crippen molar-refractivity contribution in [2.45, 2.75) is 62.8 Å². The summed E-state index contributed by atoms with van der Waals surface area (Å²) >= 11 is 0. The van der Waals surface area contributed by atoms with Crippen molar-refractivity contribution >= 4 is 27.5 Å². The zero-order chi connectivity index (χ0) is 30.9. The molecule has 4 atom stereocenters. The number of anilines is 1. The third-order valence-corrected chi connectivity index (χ3v) is 10.4. The van der Waals surface area contributed by atoms with Crippen LogP contribution >= 0.6 is 0 Å². The van der Waals surface area contributed by atoms with Gasteiger partial charge in [0.05, 0.1) is 22.7 Å². The van der Waals surface area contributed by atoms with Crippen molar-refractivity contribution in [1.29, 1.82) is 0 Å². The minimum absolute atomic E-state index is 0.000567. The number of piperazine rings is 1. The van der Waals surface area contributed by atoms with Gasteiger partial charge in [-0.25, -0.2) is 9.37 Å². The molecule has 9 nitrogen and oxygen atoms in total. The lowest BCUT2D eigenvalue weighted by molar-refractivity contribution is 0.0997. The van der Waals surface area contributed by atoms with Crippen LogP contribution in [0.3, 0.4) is 0 Å². The number of methoxy groups -OCH3 is 1. The van der Waals surface area contributed by atoms with Crippen molar-refractivity contribution in [2.75, 3.05) is 44.8 Å². The average Bonchev–Trinajstić information content (AvgIpc) is 3.71. The van der Waals surface area contributed by atoms with E-state index in [1.807, 2.05) is 25.1 Å². The lowest BCUT2D eigenvalue weighted by Gasteiger charge is -2.35. The normalized spacial score (nSPS) is 26.1. The van der Waals surface area contributed by atoms with Crippen molar-refractivity contribution < 1.29 is 19.0 Å². The number of hydrogen-bond acceptors (Lipinski definition) is 9. The van der Waals surface area contributed by atoms with Gasteiger partial charge in [0.15, 0.2) is 5.82 Å². The molecule has 0 aliphatic carbocycles. The van der Waals surface area contributed by atoms with E-state index in [1.54, 1.807) is 13.2 Å². The fraction of sp³-hybridized carbons (Fsp3) is 0.457. The van der Waals surface area contributed by atoms with Gasteiger partial charge in [-0.2, -0.15) is 9.97 Å². The van der Waals surface area contributed by atoms with E-state index in [-0.39, 0.29) is 34.6 Å². The molecule has 2 bridgehead atoms. The van der Waals surface area contributed by atoms with Gasteiger partial charge in [0, 0.05) is 55.3 Å². The number of terminal acetylenes is 1. The van der Waals surface area contributed by atoms with Crippen LogP contribution in [0.1, 0.15) is 43.4 Å². The van der Waals surface area contributed by atoms with Gasteiger partial charge < -0.3 is 24.8 Å². The Morgan fingerprint density at radius 3 is 2.73 bits per heavy atom. The molecule has 8 rings (SSSR count). The highest BCUT2D eigenvalue weighted by atomic mass is 19.1. The topological polar surface area (TPSA) is 95.9 Å². The number of pyridine rings is 1. The monoisotopic (exact) mass is 608 g/mol. The highest BCUT2D eigenvalue weighted by Gasteiger charge is 2.49. The van der Waals surface area contributed by atoms with Gasteiger partial charge in [0.25, 0.3) is 0 Å². The number of phenolic OH excluding ortho intramolecular Hbond substituents is 1. The van der Waals surface area contributed by atoms with Crippen LogP contribution in [0.5, 0.6) is 11.8 Å². The van der Waals surface area contributed by atoms with Crippen LogP contribution < -0.4 is 15.0 Å². The molecule has 2 aromatic heterocycles. The Morgan fingerprint density at radius 1 is 1.13 bits per heavy atom. The summed E-state index contributed by atoms with van der Waals surface area (Å²) in [5, 5.41) is 16.2. The van der Waals surface area contributed by atoms with Gasteiger partial charge in [-0.15, -0.1) is 6.42 Å². The molecule has 0 saturated carbocycles. The van der Waals surface area contributed by atoms with E-state index in [9.17, 15) is 5.11 Å². The second kappa shape index (κ2) is 10.8. The Bertz CT molecular complexity index is 1860. The van der Waals surface area contributed by atoms with E-state index >= 15 is 4.39 Å². The van der Waals surface area contributed by atoms with Gasteiger partial charge in [-0.1, -0.05) is 18.1 Å². The molecular formula is C35H37FN6O3. The number of rotatable bonds is 6. The summed E-state index contributed by atoms with van der Waals surface area (Å²) in [6, 6.07) is 9.49. The van der Waals surface area contributed by atoms with Gasteiger partial charge >= 0.3 is 6.01 Å². The predicted molar refractivity (Wildman–Crippen MR) is 171 cm³/mol. The number of aromatic nitrogens is 3.